The Morgan fingerprint density at radius 1 is 1.48 bits per heavy atom. The number of amides is 1. The number of carbonyl (C=O) groups is 2. The van der Waals surface area contributed by atoms with Gasteiger partial charge in [0.1, 0.15) is 5.15 Å². The largest absolute Gasteiger partial charge is 0.481 e. The molecule has 0 saturated carbocycles. The number of aryl methyl sites for hydroxylation is 1. The molecule has 0 spiro atoms. The molecule has 0 aromatic carbocycles. The maximum Gasteiger partial charge on any atom is 0.308 e. The summed E-state index contributed by atoms with van der Waals surface area (Å²) in [4.78, 5) is 29.4. The zero-order valence-corrected chi connectivity index (χ0v) is 12.8. The fraction of sp³-hybridized carbons (Fsp3) is 0.533. The maximum absolute atomic E-state index is 12.5. The summed E-state index contributed by atoms with van der Waals surface area (Å²) >= 11 is 5.97. The molecule has 1 amide bonds. The lowest BCUT2D eigenvalue weighted by Gasteiger charge is -2.30. The van der Waals surface area contributed by atoms with E-state index in [0.717, 1.165) is 18.5 Å². The van der Waals surface area contributed by atoms with Crippen molar-refractivity contribution in [1.29, 1.82) is 0 Å². The molecule has 1 unspecified atom stereocenters. The van der Waals surface area contributed by atoms with E-state index in [4.69, 9.17) is 16.7 Å². The molecule has 1 fully saturated rings. The third-order valence-electron chi connectivity index (χ3n) is 3.66. The lowest BCUT2D eigenvalue weighted by atomic mass is 9.97. The van der Waals surface area contributed by atoms with Crippen molar-refractivity contribution < 1.29 is 14.7 Å². The fourth-order valence-corrected chi connectivity index (χ4v) is 2.83. The molecule has 2 rings (SSSR count). The zero-order valence-electron chi connectivity index (χ0n) is 12.0. The minimum absolute atomic E-state index is 0.164. The summed E-state index contributed by atoms with van der Waals surface area (Å²) in [5.41, 5.74) is 1.28. The Balaban J connectivity index is 2.17. The molecule has 6 heteroatoms. The second kappa shape index (κ2) is 6.89. The highest BCUT2D eigenvalue weighted by molar-refractivity contribution is 6.29. The number of aliphatic carboxylic acids is 1. The van der Waals surface area contributed by atoms with Crippen LogP contribution in [-0.4, -0.2) is 40.0 Å². The number of aromatic nitrogens is 1. The van der Waals surface area contributed by atoms with Crippen molar-refractivity contribution in [3.05, 3.63) is 28.5 Å². The van der Waals surface area contributed by atoms with E-state index >= 15 is 0 Å². The number of hydrogen-bond donors (Lipinski definition) is 1. The highest BCUT2D eigenvalue weighted by Gasteiger charge is 2.28. The molecule has 1 atom stereocenters. The number of nitrogens with zero attached hydrogens (tertiary/aromatic N) is 2. The summed E-state index contributed by atoms with van der Waals surface area (Å²) in [6.45, 7) is 2.88. The summed E-state index contributed by atoms with van der Waals surface area (Å²) in [7, 11) is 0. The van der Waals surface area contributed by atoms with Crippen molar-refractivity contribution in [2.45, 2.75) is 32.6 Å². The van der Waals surface area contributed by atoms with Crippen LogP contribution in [-0.2, 0) is 11.2 Å². The van der Waals surface area contributed by atoms with Crippen molar-refractivity contribution in [3.63, 3.8) is 0 Å². The number of carbonyl (C=O) groups excluding carboxylic acids is 1. The number of piperidine rings is 1. The van der Waals surface area contributed by atoms with Gasteiger partial charge in [0.15, 0.2) is 0 Å². The summed E-state index contributed by atoms with van der Waals surface area (Å²) < 4.78 is 0. The summed E-state index contributed by atoms with van der Waals surface area (Å²) in [6, 6.07) is 3.30. The molecule has 5 nitrogen and oxygen atoms in total. The van der Waals surface area contributed by atoms with E-state index in [2.05, 4.69) is 4.98 Å². The van der Waals surface area contributed by atoms with Crippen molar-refractivity contribution in [2.75, 3.05) is 13.1 Å². The van der Waals surface area contributed by atoms with Crippen LogP contribution in [0.4, 0.5) is 0 Å². The van der Waals surface area contributed by atoms with Gasteiger partial charge in [0.05, 0.1) is 5.92 Å². The molecule has 1 aromatic rings. The lowest BCUT2D eigenvalue weighted by Crippen LogP contribution is -2.42. The van der Waals surface area contributed by atoms with Crippen molar-refractivity contribution in [1.82, 2.24) is 9.88 Å². The minimum Gasteiger partial charge on any atom is -0.481 e. The number of carboxylic acids is 1. The van der Waals surface area contributed by atoms with Crippen LogP contribution in [0.5, 0.6) is 0 Å². The normalized spacial score (nSPS) is 18.6. The molecule has 2 heterocycles. The summed E-state index contributed by atoms with van der Waals surface area (Å²) in [6.07, 6.45) is 3.02. The van der Waals surface area contributed by atoms with E-state index in [1.807, 2.05) is 6.92 Å². The summed E-state index contributed by atoms with van der Waals surface area (Å²) in [5, 5.41) is 9.40. The van der Waals surface area contributed by atoms with Gasteiger partial charge in [0.25, 0.3) is 5.91 Å². The first-order valence-corrected chi connectivity index (χ1v) is 7.57. The molecule has 1 aliphatic rings. The zero-order chi connectivity index (χ0) is 15.4. The Morgan fingerprint density at radius 2 is 2.24 bits per heavy atom. The fourth-order valence-electron chi connectivity index (χ4n) is 2.60. The first-order chi connectivity index (χ1) is 10.0. The first kappa shape index (κ1) is 15.8. The van der Waals surface area contributed by atoms with Crippen LogP contribution in [0.3, 0.4) is 0 Å². The van der Waals surface area contributed by atoms with E-state index in [0.29, 0.717) is 30.1 Å². The third-order valence-corrected chi connectivity index (χ3v) is 3.85. The van der Waals surface area contributed by atoms with Crippen LogP contribution < -0.4 is 0 Å². The molecule has 0 aliphatic carbocycles. The molecule has 1 aromatic heterocycles. The van der Waals surface area contributed by atoms with Gasteiger partial charge < -0.3 is 10.0 Å². The number of halogens is 1. The number of likely N-dealkylation sites (tertiary alicyclic amines) is 1. The van der Waals surface area contributed by atoms with Crippen LogP contribution in [0, 0.1) is 5.92 Å². The quantitative estimate of drug-likeness (QED) is 0.868. The Kier molecular flexibility index (Phi) is 5.17. The van der Waals surface area contributed by atoms with Gasteiger partial charge in [-0.1, -0.05) is 24.9 Å². The van der Waals surface area contributed by atoms with Gasteiger partial charge in [-0.2, -0.15) is 0 Å². The maximum atomic E-state index is 12.5. The Labute approximate surface area is 128 Å². The second-order valence-electron chi connectivity index (χ2n) is 5.35. The monoisotopic (exact) mass is 310 g/mol. The van der Waals surface area contributed by atoms with Gasteiger partial charge in [-0.3, -0.25) is 9.59 Å². The Bertz CT molecular complexity index is 548. The van der Waals surface area contributed by atoms with Crippen LogP contribution in [0.15, 0.2) is 12.1 Å². The third kappa shape index (κ3) is 3.94. The molecular formula is C15H19ClN2O3. The van der Waals surface area contributed by atoms with Gasteiger partial charge in [-0.05, 0) is 31.4 Å². The van der Waals surface area contributed by atoms with Gasteiger partial charge in [-0.25, -0.2) is 4.98 Å². The molecule has 1 saturated heterocycles. The number of pyridine rings is 1. The van der Waals surface area contributed by atoms with Gasteiger partial charge in [-0.15, -0.1) is 0 Å². The van der Waals surface area contributed by atoms with Crippen LogP contribution >= 0.6 is 11.6 Å². The van der Waals surface area contributed by atoms with Gasteiger partial charge >= 0.3 is 5.97 Å². The number of rotatable bonds is 4. The van der Waals surface area contributed by atoms with E-state index in [1.54, 1.807) is 17.0 Å². The van der Waals surface area contributed by atoms with Crippen LogP contribution in [0.25, 0.3) is 0 Å². The van der Waals surface area contributed by atoms with Crippen LogP contribution in [0.1, 0.15) is 42.2 Å². The highest BCUT2D eigenvalue weighted by Crippen LogP contribution is 2.20. The first-order valence-electron chi connectivity index (χ1n) is 7.19. The molecular weight excluding hydrogens is 292 g/mol. The second-order valence-corrected chi connectivity index (χ2v) is 5.74. The molecule has 1 aliphatic heterocycles. The molecule has 114 valence electrons. The van der Waals surface area contributed by atoms with E-state index in [1.165, 1.54) is 0 Å². The average Bonchev–Trinajstić information content (AvgIpc) is 2.46. The van der Waals surface area contributed by atoms with E-state index in [-0.39, 0.29) is 12.5 Å². The van der Waals surface area contributed by atoms with Crippen molar-refractivity contribution in [2.24, 2.45) is 5.92 Å². The Morgan fingerprint density at radius 3 is 2.90 bits per heavy atom. The summed E-state index contributed by atoms with van der Waals surface area (Å²) in [5.74, 6) is -1.48. The van der Waals surface area contributed by atoms with Gasteiger partial charge in [0, 0.05) is 24.3 Å². The molecule has 0 radical (unpaired) electrons. The minimum atomic E-state index is -0.841. The predicted molar refractivity (Wildman–Crippen MR) is 79.5 cm³/mol. The smallest absolute Gasteiger partial charge is 0.308 e. The molecule has 0 bridgehead atoms. The number of carboxylic acid groups (broad SMARTS) is 1. The molecule has 21 heavy (non-hydrogen) atoms. The van der Waals surface area contributed by atoms with Crippen molar-refractivity contribution >= 4 is 23.5 Å². The van der Waals surface area contributed by atoms with E-state index in [9.17, 15) is 9.59 Å². The number of hydrogen-bond acceptors (Lipinski definition) is 3. The highest BCUT2D eigenvalue weighted by atomic mass is 35.5. The van der Waals surface area contributed by atoms with Crippen molar-refractivity contribution in [3.8, 4) is 0 Å². The SMILES string of the molecule is CCCc1cc(C(=O)N2CCCC(C(=O)O)C2)cc(Cl)n1. The average molecular weight is 311 g/mol. The standard InChI is InChI=1S/C15H19ClN2O3/c1-2-4-12-7-11(8-13(16)17-12)14(19)18-6-3-5-10(9-18)15(20)21/h7-8,10H,2-6,9H2,1H3,(H,20,21). The lowest BCUT2D eigenvalue weighted by molar-refractivity contribution is -0.143. The topological polar surface area (TPSA) is 70.5 Å². The Hall–Kier alpha value is -1.62. The van der Waals surface area contributed by atoms with E-state index < -0.39 is 11.9 Å². The van der Waals surface area contributed by atoms with Crippen LogP contribution in [0.2, 0.25) is 5.15 Å². The predicted octanol–water partition coefficient (Wildman–Crippen LogP) is 2.62. The molecule has 1 N–H and O–H groups in total. The van der Waals surface area contributed by atoms with Gasteiger partial charge in [0.2, 0.25) is 0 Å².